The van der Waals surface area contributed by atoms with Crippen LogP contribution in [0.3, 0.4) is 0 Å². The Balaban J connectivity index is 2.51. The van der Waals surface area contributed by atoms with E-state index in [0.29, 0.717) is 18.6 Å². The molecule has 0 aromatic heterocycles. The second kappa shape index (κ2) is 4.74. The molecular weight excluding hydrogens is 183 g/mol. The summed E-state index contributed by atoms with van der Waals surface area (Å²) in [7, 11) is 0. The van der Waals surface area contributed by atoms with E-state index >= 15 is 0 Å². The molecule has 0 aliphatic heterocycles. The molecule has 14 heavy (non-hydrogen) atoms. The maximum atomic E-state index is 13.1. The van der Waals surface area contributed by atoms with Crippen molar-refractivity contribution in [2.45, 2.75) is 20.3 Å². The highest BCUT2D eigenvalue weighted by Gasteiger charge is 2.00. The third-order valence-electron chi connectivity index (χ3n) is 1.93. The van der Waals surface area contributed by atoms with Crippen LogP contribution in [0.2, 0.25) is 0 Å². The lowest BCUT2D eigenvalue weighted by Crippen LogP contribution is -2.03. The van der Waals surface area contributed by atoms with Gasteiger partial charge in [-0.1, -0.05) is 12.1 Å². The molecule has 0 atom stereocenters. The maximum Gasteiger partial charge on any atom is 0.302 e. The van der Waals surface area contributed by atoms with Crippen molar-refractivity contribution < 1.29 is 13.9 Å². The van der Waals surface area contributed by atoms with E-state index in [0.717, 1.165) is 5.56 Å². The summed E-state index contributed by atoms with van der Waals surface area (Å²) in [6, 6.07) is 5.03. The summed E-state index contributed by atoms with van der Waals surface area (Å²) in [5.74, 6) is -0.525. The van der Waals surface area contributed by atoms with Gasteiger partial charge in [0, 0.05) is 13.3 Å². The highest BCUT2D eigenvalue weighted by molar-refractivity contribution is 5.65. The van der Waals surface area contributed by atoms with Crippen LogP contribution in [0, 0.1) is 12.7 Å². The molecule has 1 aromatic carbocycles. The molecule has 1 rings (SSSR count). The SMILES string of the molecule is CC(=O)OCCc1ccc(C)c(F)c1. The van der Waals surface area contributed by atoms with Gasteiger partial charge in [0.15, 0.2) is 0 Å². The second-order valence-corrected chi connectivity index (χ2v) is 3.17. The highest BCUT2D eigenvalue weighted by Crippen LogP contribution is 2.09. The number of aryl methyl sites for hydroxylation is 1. The number of rotatable bonds is 3. The van der Waals surface area contributed by atoms with Gasteiger partial charge >= 0.3 is 5.97 Å². The van der Waals surface area contributed by atoms with Crippen LogP contribution in [0.5, 0.6) is 0 Å². The minimum Gasteiger partial charge on any atom is -0.466 e. The van der Waals surface area contributed by atoms with E-state index in [2.05, 4.69) is 0 Å². The summed E-state index contributed by atoms with van der Waals surface area (Å²) in [5.41, 5.74) is 1.47. The van der Waals surface area contributed by atoms with Crippen molar-refractivity contribution in [3.05, 3.63) is 35.1 Å². The quantitative estimate of drug-likeness (QED) is 0.693. The molecule has 0 radical (unpaired) electrons. The van der Waals surface area contributed by atoms with Crippen LogP contribution in [0.1, 0.15) is 18.1 Å². The molecule has 0 bridgehead atoms. The molecule has 0 saturated carbocycles. The first-order valence-electron chi connectivity index (χ1n) is 4.48. The van der Waals surface area contributed by atoms with Gasteiger partial charge in [-0.15, -0.1) is 0 Å². The summed E-state index contributed by atoms with van der Waals surface area (Å²) in [4.78, 5) is 10.5. The Labute approximate surface area is 82.7 Å². The van der Waals surface area contributed by atoms with E-state index < -0.39 is 0 Å². The third kappa shape index (κ3) is 3.17. The lowest BCUT2D eigenvalue weighted by Gasteiger charge is -2.03. The van der Waals surface area contributed by atoms with Crippen molar-refractivity contribution in [1.29, 1.82) is 0 Å². The normalized spacial score (nSPS) is 9.93. The molecule has 3 heteroatoms. The number of carbonyl (C=O) groups is 1. The predicted molar refractivity (Wildman–Crippen MR) is 51.5 cm³/mol. The van der Waals surface area contributed by atoms with Crippen LogP contribution >= 0.6 is 0 Å². The molecule has 2 nitrogen and oxygen atoms in total. The van der Waals surface area contributed by atoms with Gasteiger partial charge in [0.1, 0.15) is 5.82 Å². The van der Waals surface area contributed by atoms with Crippen molar-refractivity contribution in [3.8, 4) is 0 Å². The number of hydrogen-bond donors (Lipinski definition) is 0. The van der Waals surface area contributed by atoms with Crippen molar-refractivity contribution >= 4 is 5.97 Å². The molecule has 0 fully saturated rings. The number of hydrogen-bond acceptors (Lipinski definition) is 2. The summed E-state index contributed by atoms with van der Waals surface area (Å²) in [6.45, 7) is 3.37. The molecule has 0 aliphatic carbocycles. The molecule has 0 spiro atoms. The first kappa shape index (κ1) is 10.7. The Morgan fingerprint density at radius 2 is 2.21 bits per heavy atom. The van der Waals surface area contributed by atoms with E-state index in [-0.39, 0.29) is 11.8 Å². The molecular formula is C11H13FO2. The van der Waals surface area contributed by atoms with Gasteiger partial charge in [-0.25, -0.2) is 4.39 Å². The molecule has 1 aromatic rings. The van der Waals surface area contributed by atoms with E-state index in [4.69, 9.17) is 4.74 Å². The Morgan fingerprint density at radius 1 is 1.50 bits per heavy atom. The summed E-state index contributed by atoms with van der Waals surface area (Å²) in [5, 5.41) is 0. The van der Waals surface area contributed by atoms with Gasteiger partial charge in [0.25, 0.3) is 0 Å². The third-order valence-corrected chi connectivity index (χ3v) is 1.93. The van der Waals surface area contributed by atoms with Gasteiger partial charge in [0.05, 0.1) is 6.61 Å². The van der Waals surface area contributed by atoms with Gasteiger partial charge in [-0.05, 0) is 24.1 Å². The van der Waals surface area contributed by atoms with Crippen LogP contribution in [0.4, 0.5) is 4.39 Å². The number of halogens is 1. The molecule has 0 heterocycles. The molecule has 0 unspecified atom stereocenters. The lowest BCUT2D eigenvalue weighted by atomic mass is 10.1. The molecule has 0 saturated heterocycles. The van der Waals surface area contributed by atoms with Crippen molar-refractivity contribution in [2.24, 2.45) is 0 Å². The minimum atomic E-state index is -0.308. The lowest BCUT2D eigenvalue weighted by molar-refractivity contribution is -0.140. The largest absolute Gasteiger partial charge is 0.466 e. The Hall–Kier alpha value is -1.38. The standard InChI is InChI=1S/C11H13FO2/c1-8-3-4-10(7-11(8)12)5-6-14-9(2)13/h3-4,7H,5-6H2,1-2H3. The van der Waals surface area contributed by atoms with Crippen molar-refractivity contribution in [2.75, 3.05) is 6.61 Å². The fraction of sp³-hybridized carbons (Fsp3) is 0.364. The van der Waals surface area contributed by atoms with Crippen LogP contribution in [0.15, 0.2) is 18.2 Å². The number of ether oxygens (including phenoxy) is 1. The number of esters is 1. The molecule has 76 valence electrons. The van der Waals surface area contributed by atoms with Gasteiger partial charge in [-0.3, -0.25) is 4.79 Å². The van der Waals surface area contributed by atoms with Gasteiger partial charge in [-0.2, -0.15) is 0 Å². The molecule has 0 N–H and O–H groups in total. The Kier molecular flexibility index (Phi) is 3.63. The minimum absolute atomic E-state index is 0.217. The zero-order chi connectivity index (χ0) is 10.6. The average molecular weight is 196 g/mol. The maximum absolute atomic E-state index is 13.1. The second-order valence-electron chi connectivity index (χ2n) is 3.17. The molecule has 0 amide bonds. The Bertz CT molecular complexity index is 334. The van der Waals surface area contributed by atoms with Gasteiger partial charge < -0.3 is 4.74 Å². The van der Waals surface area contributed by atoms with E-state index in [9.17, 15) is 9.18 Å². The van der Waals surface area contributed by atoms with Crippen LogP contribution in [0.25, 0.3) is 0 Å². The average Bonchev–Trinajstić information content (AvgIpc) is 2.10. The van der Waals surface area contributed by atoms with Crippen LogP contribution < -0.4 is 0 Å². The number of carbonyl (C=O) groups excluding carboxylic acids is 1. The highest BCUT2D eigenvalue weighted by atomic mass is 19.1. The predicted octanol–water partition coefficient (Wildman–Crippen LogP) is 2.24. The molecule has 0 aliphatic rings. The zero-order valence-corrected chi connectivity index (χ0v) is 8.34. The smallest absolute Gasteiger partial charge is 0.302 e. The summed E-state index contributed by atoms with van der Waals surface area (Å²) in [6.07, 6.45) is 0.552. The summed E-state index contributed by atoms with van der Waals surface area (Å²) < 4.78 is 17.8. The monoisotopic (exact) mass is 196 g/mol. The van der Waals surface area contributed by atoms with E-state index in [1.807, 2.05) is 6.07 Å². The van der Waals surface area contributed by atoms with E-state index in [1.54, 1.807) is 13.0 Å². The fourth-order valence-electron chi connectivity index (χ4n) is 1.10. The van der Waals surface area contributed by atoms with Crippen molar-refractivity contribution in [1.82, 2.24) is 0 Å². The fourth-order valence-corrected chi connectivity index (χ4v) is 1.10. The van der Waals surface area contributed by atoms with Crippen LogP contribution in [-0.4, -0.2) is 12.6 Å². The first-order chi connectivity index (χ1) is 6.59. The first-order valence-corrected chi connectivity index (χ1v) is 4.48. The topological polar surface area (TPSA) is 26.3 Å². The van der Waals surface area contributed by atoms with Crippen molar-refractivity contribution in [3.63, 3.8) is 0 Å². The number of benzene rings is 1. The van der Waals surface area contributed by atoms with E-state index in [1.165, 1.54) is 13.0 Å². The zero-order valence-electron chi connectivity index (χ0n) is 8.34. The Morgan fingerprint density at radius 3 is 2.79 bits per heavy atom. The van der Waals surface area contributed by atoms with Crippen LogP contribution in [-0.2, 0) is 16.0 Å². The van der Waals surface area contributed by atoms with Gasteiger partial charge in [0.2, 0.25) is 0 Å². The summed E-state index contributed by atoms with van der Waals surface area (Å²) >= 11 is 0.